The van der Waals surface area contributed by atoms with Gasteiger partial charge in [-0.1, -0.05) is 12.1 Å². The number of benzene rings is 1. The molecular weight excluding hydrogens is 288 g/mol. The Morgan fingerprint density at radius 1 is 1.26 bits per heavy atom. The zero-order chi connectivity index (χ0) is 16.2. The third-order valence-electron chi connectivity index (χ3n) is 5.21. The maximum Gasteiger partial charge on any atom is 0.253 e. The highest BCUT2D eigenvalue weighted by Gasteiger charge is 2.26. The van der Waals surface area contributed by atoms with Crippen molar-refractivity contribution in [3.8, 4) is 0 Å². The summed E-state index contributed by atoms with van der Waals surface area (Å²) in [6.07, 6.45) is 4.32. The molecule has 2 aliphatic heterocycles. The molecule has 2 heterocycles. The van der Waals surface area contributed by atoms with Crippen LogP contribution in [0.1, 0.15) is 48.5 Å². The van der Waals surface area contributed by atoms with Crippen LogP contribution in [0.2, 0.25) is 0 Å². The predicted octanol–water partition coefficient (Wildman–Crippen LogP) is 2.52. The van der Waals surface area contributed by atoms with Crippen molar-refractivity contribution in [3.05, 3.63) is 35.4 Å². The molecule has 2 atom stereocenters. The van der Waals surface area contributed by atoms with Gasteiger partial charge in [-0.25, -0.2) is 0 Å². The average Bonchev–Trinajstić information content (AvgIpc) is 3.04. The van der Waals surface area contributed by atoms with E-state index in [1.54, 1.807) is 0 Å². The molecule has 0 aliphatic carbocycles. The van der Waals surface area contributed by atoms with Crippen LogP contribution in [-0.4, -0.2) is 53.1 Å². The summed E-state index contributed by atoms with van der Waals surface area (Å²) >= 11 is 0. The van der Waals surface area contributed by atoms with E-state index in [9.17, 15) is 9.90 Å². The van der Waals surface area contributed by atoms with Gasteiger partial charge in [-0.2, -0.15) is 0 Å². The second-order valence-corrected chi connectivity index (χ2v) is 7.08. The van der Waals surface area contributed by atoms with Crippen LogP contribution >= 0.6 is 0 Å². The van der Waals surface area contributed by atoms with Gasteiger partial charge < -0.3 is 10.0 Å². The van der Waals surface area contributed by atoms with E-state index in [0.717, 1.165) is 57.5 Å². The summed E-state index contributed by atoms with van der Waals surface area (Å²) in [5.41, 5.74) is 2.01. The molecule has 23 heavy (non-hydrogen) atoms. The van der Waals surface area contributed by atoms with E-state index in [0.29, 0.717) is 5.92 Å². The van der Waals surface area contributed by atoms with Crippen LogP contribution in [0.3, 0.4) is 0 Å². The molecule has 0 spiro atoms. The van der Waals surface area contributed by atoms with E-state index in [-0.39, 0.29) is 12.0 Å². The monoisotopic (exact) mass is 316 g/mol. The number of aliphatic hydroxyl groups excluding tert-OH is 1. The Morgan fingerprint density at radius 3 is 2.74 bits per heavy atom. The van der Waals surface area contributed by atoms with E-state index >= 15 is 0 Å². The molecule has 4 heteroatoms. The maximum atomic E-state index is 12.6. The van der Waals surface area contributed by atoms with Gasteiger partial charge in [-0.3, -0.25) is 9.69 Å². The molecular formula is C19H28N2O2. The van der Waals surface area contributed by atoms with E-state index in [2.05, 4.69) is 11.0 Å². The molecule has 0 aromatic heterocycles. The van der Waals surface area contributed by atoms with Crippen LogP contribution in [0.5, 0.6) is 0 Å². The molecule has 2 aliphatic rings. The summed E-state index contributed by atoms with van der Waals surface area (Å²) in [5, 5.41) is 9.72. The standard InChI is InChI=1S/C19H28N2O2/c1-15(22)18-8-11-20(14-18)13-16-6-5-7-17(12-16)19(23)21-9-3-2-4-10-21/h5-7,12,15,18,22H,2-4,8-11,13-14H2,1H3. The fraction of sp³-hybridized carbons (Fsp3) is 0.632. The first kappa shape index (κ1) is 16.5. The molecule has 1 N–H and O–H groups in total. The lowest BCUT2D eigenvalue weighted by molar-refractivity contribution is 0.0724. The first-order valence-electron chi connectivity index (χ1n) is 8.92. The summed E-state index contributed by atoms with van der Waals surface area (Å²) in [4.78, 5) is 17.0. The zero-order valence-electron chi connectivity index (χ0n) is 14.1. The summed E-state index contributed by atoms with van der Waals surface area (Å²) in [6, 6.07) is 8.08. The lowest BCUT2D eigenvalue weighted by atomic mass is 10.0. The van der Waals surface area contributed by atoms with Crippen LogP contribution in [0.25, 0.3) is 0 Å². The van der Waals surface area contributed by atoms with Crippen molar-refractivity contribution in [2.45, 2.75) is 45.3 Å². The Balaban J connectivity index is 1.62. The van der Waals surface area contributed by atoms with E-state index in [1.165, 1.54) is 12.0 Å². The van der Waals surface area contributed by atoms with Gasteiger partial charge in [0, 0.05) is 31.7 Å². The Hall–Kier alpha value is -1.39. The molecule has 1 aromatic carbocycles. The molecule has 126 valence electrons. The quantitative estimate of drug-likeness (QED) is 0.928. The maximum absolute atomic E-state index is 12.6. The highest BCUT2D eigenvalue weighted by atomic mass is 16.3. The van der Waals surface area contributed by atoms with Crippen LogP contribution in [0, 0.1) is 5.92 Å². The van der Waals surface area contributed by atoms with Gasteiger partial charge in [-0.05, 0) is 62.8 Å². The number of rotatable bonds is 4. The molecule has 2 fully saturated rings. The highest BCUT2D eigenvalue weighted by Crippen LogP contribution is 2.22. The number of nitrogens with zero attached hydrogens (tertiary/aromatic N) is 2. The lowest BCUT2D eigenvalue weighted by Crippen LogP contribution is -2.35. The van der Waals surface area contributed by atoms with Gasteiger partial charge >= 0.3 is 0 Å². The van der Waals surface area contributed by atoms with Crippen molar-refractivity contribution >= 4 is 5.91 Å². The third kappa shape index (κ3) is 4.12. The minimum absolute atomic E-state index is 0.176. The van der Waals surface area contributed by atoms with Crippen LogP contribution in [0.4, 0.5) is 0 Å². The second kappa shape index (κ2) is 7.45. The van der Waals surface area contributed by atoms with E-state index in [4.69, 9.17) is 0 Å². The second-order valence-electron chi connectivity index (χ2n) is 7.08. The first-order chi connectivity index (χ1) is 11.1. The number of carbonyl (C=O) groups excluding carboxylic acids is 1. The molecule has 1 amide bonds. The number of carbonyl (C=O) groups is 1. The van der Waals surface area contributed by atoms with Crippen LogP contribution in [0.15, 0.2) is 24.3 Å². The van der Waals surface area contributed by atoms with Crippen LogP contribution in [-0.2, 0) is 6.54 Å². The van der Waals surface area contributed by atoms with Gasteiger partial charge in [0.05, 0.1) is 6.10 Å². The first-order valence-corrected chi connectivity index (χ1v) is 8.92. The van der Waals surface area contributed by atoms with Crippen molar-refractivity contribution in [2.75, 3.05) is 26.2 Å². The Morgan fingerprint density at radius 2 is 2.04 bits per heavy atom. The summed E-state index contributed by atoms with van der Waals surface area (Å²) < 4.78 is 0. The van der Waals surface area contributed by atoms with Gasteiger partial charge in [0.1, 0.15) is 0 Å². The van der Waals surface area contributed by atoms with Crippen LogP contribution < -0.4 is 0 Å². The number of hydrogen-bond donors (Lipinski definition) is 1. The minimum Gasteiger partial charge on any atom is -0.393 e. The van der Waals surface area contributed by atoms with Gasteiger partial charge in [0.2, 0.25) is 0 Å². The smallest absolute Gasteiger partial charge is 0.253 e. The van der Waals surface area contributed by atoms with Gasteiger partial charge in [0.25, 0.3) is 5.91 Å². The summed E-state index contributed by atoms with van der Waals surface area (Å²) in [7, 11) is 0. The highest BCUT2D eigenvalue weighted by molar-refractivity contribution is 5.94. The zero-order valence-corrected chi connectivity index (χ0v) is 14.1. The Labute approximate surface area is 139 Å². The Kier molecular flexibility index (Phi) is 5.34. The largest absolute Gasteiger partial charge is 0.393 e. The number of aliphatic hydroxyl groups is 1. The molecule has 0 saturated carbocycles. The fourth-order valence-electron chi connectivity index (χ4n) is 3.74. The van der Waals surface area contributed by atoms with Crippen molar-refractivity contribution in [1.82, 2.24) is 9.80 Å². The molecule has 0 bridgehead atoms. The number of amides is 1. The van der Waals surface area contributed by atoms with Crippen molar-refractivity contribution in [1.29, 1.82) is 0 Å². The minimum atomic E-state index is -0.230. The number of likely N-dealkylation sites (tertiary alicyclic amines) is 2. The van der Waals surface area contributed by atoms with Crippen molar-refractivity contribution in [2.24, 2.45) is 5.92 Å². The third-order valence-corrected chi connectivity index (χ3v) is 5.21. The topological polar surface area (TPSA) is 43.8 Å². The summed E-state index contributed by atoms with van der Waals surface area (Å²) in [5.74, 6) is 0.558. The molecule has 0 radical (unpaired) electrons. The lowest BCUT2D eigenvalue weighted by Gasteiger charge is -2.27. The predicted molar refractivity (Wildman–Crippen MR) is 91.3 cm³/mol. The normalized spacial score (nSPS) is 23.9. The SMILES string of the molecule is CC(O)C1CCN(Cc2cccc(C(=O)N3CCCCC3)c2)C1. The fourth-order valence-corrected chi connectivity index (χ4v) is 3.74. The molecule has 2 unspecified atom stereocenters. The van der Waals surface area contributed by atoms with Gasteiger partial charge in [0.15, 0.2) is 0 Å². The van der Waals surface area contributed by atoms with E-state index in [1.807, 2.05) is 30.0 Å². The molecule has 3 rings (SSSR count). The van der Waals surface area contributed by atoms with Gasteiger partial charge in [-0.15, -0.1) is 0 Å². The average molecular weight is 316 g/mol. The Bertz CT molecular complexity index is 538. The molecule has 2 saturated heterocycles. The van der Waals surface area contributed by atoms with E-state index < -0.39 is 0 Å². The number of piperidine rings is 1. The molecule has 1 aromatic rings. The number of hydrogen-bond acceptors (Lipinski definition) is 3. The van der Waals surface area contributed by atoms with Crippen molar-refractivity contribution < 1.29 is 9.90 Å². The summed E-state index contributed by atoms with van der Waals surface area (Å²) in [6.45, 7) is 6.51. The molecule has 4 nitrogen and oxygen atoms in total. The van der Waals surface area contributed by atoms with Crippen molar-refractivity contribution in [3.63, 3.8) is 0 Å².